The third-order valence-corrected chi connectivity index (χ3v) is 8.58. The van der Waals surface area contributed by atoms with Crippen LogP contribution in [0.15, 0.2) is 97.3 Å². The quantitative estimate of drug-likeness (QED) is 0.193. The number of halogens is 5. The standard InChI is InChI=1S/C24H12F5S2/c25-16-4-2-1-3-15(16)13-5-7-14(8-6-13)31-23-11-19(28)17(26)9-21(23)30-22-10-18(27)20(29)12-24(22)31/h1-12H/q+1. The van der Waals surface area contributed by atoms with Crippen LogP contribution < -0.4 is 0 Å². The van der Waals surface area contributed by atoms with E-state index in [2.05, 4.69) is 0 Å². The lowest BCUT2D eigenvalue weighted by molar-refractivity contribution is 0.499. The third-order valence-electron chi connectivity index (χ3n) is 4.91. The van der Waals surface area contributed by atoms with Gasteiger partial charge in [-0.15, -0.1) is 0 Å². The van der Waals surface area contributed by atoms with E-state index in [0.717, 1.165) is 36.0 Å². The van der Waals surface area contributed by atoms with Gasteiger partial charge in [0.05, 0.1) is 9.79 Å². The molecule has 0 bridgehead atoms. The van der Waals surface area contributed by atoms with E-state index in [1.54, 1.807) is 42.5 Å². The molecule has 4 aromatic rings. The average Bonchev–Trinajstić information content (AvgIpc) is 2.75. The minimum atomic E-state index is -1.01. The van der Waals surface area contributed by atoms with Crippen LogP contribution in [-0.4, -0.2) is 0 Å². The zero-order chi connectivity index (χ0) is 21.7. The molecule has 0 nitrogen and oxygen atoms in total. The maximum absolute atomic E-state index is 14.1. The van der Waals surface area contributed by atoms with Gasteiger partial charge in [0.1, 0.15) is 16.7 Å². The summed E-state index contributed by atoms with van der Waals surface area (Å²) in [6, 6.07) is 17.7. The number of hydrogen-bond acceptors (Lipinski definition) is 1. The highest BCUT2D eigenvalue weighted by Gasteiger charge is 2.40. The van der Waals surface area contributed by atoms with E-state index >= 15 is 0 Å². The second kappa shape index (κ2) is 7.73. The fourth-order valence-corrected chi connectivity index (χ4v) is 7.20. The lowest BCUT2D eigenvalue weighted by atomic mass is 10.1. The second-order valence-corrected chi connectivity index (χ2v) is 9.89. The summed E-state index contributed by atoms with van der Waals surface area (Å²) in [5, 5.41) is 0. The molecule has 4 aromatic carbocycles. The van der Waals surface area contributed by atoms with E-state index in [9.17, 15) is 22.0 Å². The van der Waals surface area contributed by atoms with Crippen molar-refractivity contribution < 1.29 is 22.0 Å². The Balaban J connectivity index is 1.67. The monoisotopic (exact) mass is 459 g/mol. The lowest BCUT2D eigenvalue weighted by Crippen LogP contribution is -2.13. The highest BCUT2D eigenvalue weighted by molar-refractivity contribution is 8.04. The van der Waals surface area contributed by atoms with Crippen LogP contribution >= 0.6 is 11.8 Å². The number of rotatable bonds is 2. The molecule has 1 aliphatic rings. The number of fused-ring (bicyclic) bond motifs is 2. The van der Waals surface area contributed by atoms with E-state index in [4.69, 9.17) is 0 Å². The van der Waals surface area contributed by atoms with Crippen LogP contribution in [0.1, 0.15) is 0 Å². The van der Waals surface area contributed by atoms with Gasteiger partial charge < -0.3 is 0 Å². The zero-order valence-corrected chi connectivity index (χ0v) is 17.3. The van der Waals surface area contributed by atoms with E-state index < -0.39 is 34.2 Å². The molecule has 0 saturated carbocycles. The van der Waals surface area contributed by atoms with Gasteiger partial charge in [0.15, 0.2) is 38.0 Å². The van der Waals surface area contributed by atoms with Crippen molar-refractivity contribution in [1.29, 1.82) is 0 Å². The normalized spacial score (nSPS) is 13.1. The first-order chi connectivity index (χ1) is 14.9. The summed E-state index contributed by atoms with van der Waals surface area (Å²) in [5.74, 6) is -4.39. The van der Waals surface area contributed by atoms with Crippen LogP contribution in [0, 0.1) is 29.1 Å². The second-order valence-electron chi connectivity index (χ2n) is 6.84. The van der Waals surface area contributed by atoms with E-state index in [-0.39, 0.29) is 5.82 Å². The zero-order valence-electron chi connectivity index (χ0n) is 15.6. The lowest BCUT2D eigenvalue weighted by Gasteiger charge is -2.19. The van der Waals surface area contributed by atoms with Crippen LogP contribution in [0.25, 0.3) is 11.1 Å². The van der Waals surface area contributed by atoms with Gasteiger partial charge >= 0.3 is 0 Å². The molecule has 0 aliphatic carbocycles. The molecule has 0 aromatic heterocycles. The molecule has 0 fully saturated rings. The first-order valence-corrected chi connectivity index (χ1v) is 11.2. The Morgan fingerprint density at radius 2 is 1.06 bits per heavy atom. The molecule has 0 N–H and O–H groups in total. The van der Waals surface area contributed by atoms with Crippen LogP contribution in [-0.2, 0) is 10.9 Å². The van der Waals surface area contributed by atoms with E-state index in [1.807, 2.05) is 0 Å². The molecule has 0 amide bonds. The number of hydrogen-bond donors (Lipinski definition) is 0. The van der Waals surface area contributed by atoms with E-state index in [0.29, 0.717) is 35.6 Å². The molecule has 1 heterocycles. The van der Waals surface area contributed by atoms with Crippen molar-refractivity contribution in [3.05, 3.63) is 102 Å². The molecule has 31 heavy (non-hydrogen) atoms. The van der Waals surface area contributed by atoms with E-state index in [1.165, 1.54) is 6.07 Å². The Kier molecular flexibility index (Phi) is 5.02. The van der Waals surface area contributed by atoms with Gasteiger partial charge in [-0.05, 0) is 48.0 Å². The fraction of sp³-hybridized carbons (Fsp3) is 0. The van der Waals surface area contributed by atoms with Gasteiger partial charge in [-0.2, -0.15) is 0 Å². The van der Waals surface area contributed by atoms with Crippen molar-refractivity contribution in [2.24, 2.45) is 0 Å². The summed E-state index contributed by atoms with van der Waals surface area (Å²) < 4.78 is 70.1. The van der Waals surface area contributed by atoms with Crippen molar-refractivity contribution >= 4 is 22.7 Å². The van der Waals surface area contributed by atoms with Gasteiger partial charge in [-0.25, -0.2) is 22.0 Å². The highest BCUT2D eigenvalue weighted by atomic mass is 32.2. The minimum Gasteiger partial charge on any atom is -0.206 e. The van der Waals surface area contributed by atoms with Crippen molar-refractivity contribution in [1.82, 2.24) is 0 Å². The molecule has 0 spiro atoms. The van der Waals surface area contributed by atoms with Gasteiger partial charge in [-0.1, -0.05) is 30.0 Å². The van der Waals surface area contributed by atoms with Gasteiger partial charge in [0, 0.05) is 17.7 Å². The Morgan fingerprint density at radius 3 is 1.61 bits per heavy atom. The number of benzene rings is 4. The van der Waals surface area contributed by atoms with Gasteiger partial charge in [-0.3, -0.25) is 0 Å². The average molecular weight is 459 g/mol. The third kappa shape index (κ3) is 3.51. The van der Waals surface area contributed by atoms with Crippen molar-refractivity contribution in [2.45, 2.75) is 24.5 Å². The highest BCUT2D eigenvalue weighted by Crippen LogP contribution is 2.49. The molecule has 7 heteroatoms. The molecule has 0 atom stereocenters. The molecule has 0 radical (unpaired) electrons. The summed E-state index contributed by atoms with van der Waals surface area (Å²) in [5.41, 5.74) is 1.08. The van der Waals surface area contributed by atoms with Crippen molar-refractivity contribution in [3.63, 3.8) is 0 Å². The Bertz CT molecular complexity index is 1260. The summed E-state index contributed by atoms with van der Waals surface area (Å²) in [6.45, 7) is 0. The SMILES string of the molecule is Fc1cc2c(cc1F)[S+](c1ccc(-c3ccccc3F)cc1)c1cc(F)c(F)cc1S2. The summed E-state index contributed by atoms with van der Waals surface area (Å²) >= 11 is 1.07. The predicted molar refractivity (Wildman–Crippen MR) is 111 cm³/mol. The maximum Gasteiger partial charge on any atom is 0.183 e. The Morgan fingerprint density at radius 1 is 0.548 bits per heavy atom. The summed E-state index contributed by atoms with van der Waals surface area (Å²) in [4.78, 5) is 2.56. The molecule has 0 saturated heterocycles. The summed E-state index contributed by atoms with van der Waals surface area (Å²) in [6.07, 6.45) is 0. The first kappa shape index (κ1) is 20.2. The van der Waals surface area contributed by atoms with Crippen LogP contribution in [0.2, 0.25) is 0 Å². The minimum absolute atomic E-state index is 0.363. The van der Waals surface area contributed by atoms with Gasteiger partial charge in [0.25, 0.3) is 0 Å². The maximum atomic E-state index is 14.1. The van der Waals surface area contributed by atoms with Crippen LogP contribution in [0.3, 0.4) is 0 Å². The topological polar surface area (TPSA) is 0 Å². The van der Waals surface area contributed by atoms with Crippen LogP contribution in [0.5, 0.6) is 0 Å². The molecular weight excluding hydrogens is 447 g/mol. The predicted octanol–water partition coefficient (Wildman–Crippen LogP) is 7.61. The fourth-order valence-electron chi connectivity index (χ4n) is 3.46. The first-order valence-electron chi connectivity index (χ1n) is 9.17. The van der Waals surface area contributed by atoms with Crippen molar-refractivity contribution in [3.8, 4) is 11.1 Å². The van der Waals surface area contributed by atoms with Crippen molar-refractivity contribution in [2.75, 3.05) is 0 Å². The molecule has 5 rings (SSSR count). The molecule has 0 unspecified atom stereocenters. The largest absolute Gasteiger partial charge is 0.206 e. The molecular formula is C24H12F5S2+. The Hall–Kier alpha value is -2.77. The van der Waals surface area contributed by atoms with Crippen LogP contribution in [0.4, 0.5) is 22.0 Å². The smallest absolute Gasteiger partial charge is 0.183 e. The summed E-state index contributed by atoms with van der Waals surface area (Å²) in [7, 11) is -0.993. The molecule has 154 valence electrons. The molecule has 1 aliphatic heterocycles. The Labute approximate surface area is 182 Å². The van der Waals surface area contributed by atoms with Gasteiger partial charge in [0.2, 0.25) is 0 Å².